The van der Waals surface area contributed by atoms with E-state index in [-0.39, 0.29) is 6.61 Å². The van der Waals surface area contributed by atoms with Crippen molar-refractivity contribution in [3.8, 4) is 11.5 Å². The maximum Gasteiger partial charge on any atom is 0.131 e. The summed E-state index contributed by atoms with van der Waals surface area (Å²) in [4.78, 5) is 0. The lowest BCUT2D eigenvalue weighted by atomic mass is 10.2. The van der Waals surface area contributed by atoms with Crippen LogP contribution in [0.3, 0.4) is 0 Å². The normalized spacial score (nSPS) is 10.4. The van der Waals surface area contributed by atoms with Crippen LogP contribution in [0.5, 0.6) is 11.5 Å². The summed E-state index contributed by atoms with van der Waals surface area (Å²) in [5.41, 5.74) is 1.91. The summed E-state index contributed by atoms with van der Waals surface area (Å²) in [6.45, 7) is 2.01. The van der Waals surface area contributed by atoms with Gasteiger partial charge in [0, 0.05) is 8.95 Å². The number of halogens is 2. The highest BCUT2D eigenvalue weighted by atomic mass is 79.9. The highest BCUT2D eigenvalue weighted by Gasteiger charge is 2.05. The zero-order valence-corrected chi connectivity index (χ0v) is 13.0. The number of benzene rings is 2. The van der Waals surface area contributed by atoms with Gasteiger partial charge in [-0.15, -0.1) is 0 Å². The Morgan fingerprint density at radius 1 is 1.11 bits per heavy atom. The Hall–Kier alpha value is -0.840. The van der Waals surface area contributed by atoms with Crippen molar-refractivity contribution in [2.45, 2.75) is 13.5 Å². The first-order valence-corrected chi connectivity index (χ1v) is 7.02. The molecule has 2 aromatic rings. The molecule has 0 atom stereocenters. The predicted octanol–water partition coefficient (Wildman–Crippen LogP) is 4.80. The van der Waals surface area contributed by atoms with Gasteiger partial charge in [0.15, 0.2) is 0 Å². The Bertz CT molecular complexity index is 568. The lowest BCUT2D eigenvalue weighted by molar-refractivity contribution is 0.281. The Morgan fingerprint density at radius 3 is 2.56 bits per heavy atom. The van der Waals surface area contributed by atoms with E-state index in [0.717, 1.165) is 31.6 Å². The molecular weight excluding hydrogens is 360 g/mol. The molecule has 18 heavy (non-hydrogen) atoms. The fourth-order valence-electron chi connectivity index (χ4n) is 1.53. The summed E-state index contributed by atoms with van der Waals surface area (Å²) in [6.07, 6.45) is 0. The SMILES string of the molecule is Cc1ccc(Br)cc1Oc1ccc(CO)c(Br)c1. The van der Waals surface area contributed by atoms with Crippen LogP contribution in [0.1, 0.15) is 11.1 Å². The first-order valence-electron chi connectivity index (χ1n) is 5.43. The number of ether oxygens (including phenoxy) is 1. The third-order valence-corrected chi connectivity index (χ3v) is 3.80. The molecule has 0 unspecified atom stereocenters. The zero-order chi connectivity index (χ0) is 13.1. The summed E-state index contributed by atoms with van der Waals surface area (Å²) >= 11 is 6.83. The van der Waals surface area contributed by atoms with Crippen molar-refractivity contribution in [3.05, 3.63) is 56.5 Å². The highest BCUT2D eigenvalue weighted by molar-refractivity contribution is 9.10. The quantitative estimate of drug-likeness (QED) is 0.839. The zero-order valence-electron chi connectivity index (χ0n) is 9.78. The van der Waals surface area contributed by atoms with Crippen LogP contribution in [0.4, 0.5) is 0 Å². The molecule has 2 aromatic carbocycles. The lowest BCUT2D eigenvalue weighted by Crippen LogP contribution is -1.90. The molecule has 0 spiro atoms. The monoisotopic (exact) mass is 370 g/mol. The van der Waals surface area contributed by atoms with Crippen LogP contribution in [-0.2, 0) is 6.61 Å². The largest absolute Gasteiger partial charge is 0.457 e. The van der Waals surface area contributed by atoms with Crippen molar-refractivity contribution < 1.29 is 9.84 Å². The molecule has 0 saturated carbocycles. The summed E-state index contributed by atoms with van der Waals surface area (Å²) in [6, 6.07) is 11.4. The second-order valence-corrected chi connectivity index (χ2v) is 5.69. The van der Waals surface area contributed by atoms with Crippen LogP contribution in [0.25, 0.3) is 0 Å². The van der Waals surface area contributed by atoms with Crippen LogP contribution in [-0.4, -0.2) is 5.11 Å². The second kappa shape index (κ2) is 5.87. The summed E-state index contributed by atoms with van der Waals surface area (Å²) < 4.78 is 7.65. The molecule has 0 saturated heterocycles. The average Bonchev–Trinajstić information content (AvgIpc) is 2.34. The maximum atomic E-state index is 9.10. The molecule has 0 bridgehead atoms. The van der Waals surface area contributed by atoms with Gasteiger partial charge in [-0.25, -0.2) is 0 Å². The first-order chi connectivity index (χ1) is 8.60. The number of aryl methyl sites for hydroxylation is 1. The van der Waals surface area contributed by atoms with Crippen LogP contribution in [0, 0.1) is 6.92 Å². The standard InChI is InChI=1S/C14H12Br2O2/c1-9-2-4-11(15)6-14(9)18-12-5-3-10(8-17)13(16)7-12/h2-7,17H,8H2,1H3. The van der Waals surface area contributed by atoms with Crippen molar-refractivity contribution in [2.75, 3.05) is 0 Å². The lowest BCUT2D eigenvalue weighted by Gasteiger charge is -2.10. The highest BCUT2D eigenvalue weighted by Crippen LogP contribution is 2.30. The van der Waals surface area contributed by atoms with E-state index in [9.17, 15) is 0 Å². The van der Waals surface area contributed by atoms with Crippen molar-refractivity contribution >= 4 is 31.9 Å². The van der Waals surface area contributed by atoms with Gasteiger partial charge in [0.25, 0.3) is 0 Å². The minimum Gasteiger partial charge on any atom is -0.457 e. The molecule has 2 nitrogen and oxygen atoms in total. The van der Waals surface area contributed by atoms with Gasteiger partial charge in [-0.3, -0.25) is 0 Å². The molecule has 0 aliphatic heterocycles. The number of hydrogen-bond donors (Lipinski definition) is 1. The van der Waals surface area contributed by atoms with E-state index < -0.39 is 0 Å². The van der Waals surface area contributed by atoms with Gasteiger partial charge in [-0.1, -0.05) is 44.0 Å². The van der Waals surface area contributed by atoms with Crippen molar-refractivity contribution in [3.63, 3.8) is 0 Å². The van der Waals surface area contributed by atoms with E-state index in [1.54, 1.807) is 0 Å². The van der Waals surface area contributed by atoms with Gasteiger partial charge in [0.05, 0.1) is 6.61 Å². The third kappa shape index (κ3) is 3.13. The Kier molecular flexibility index (Phi) is 4.43. The van der Waals surface area contributed by atoms with Gasteiger partial charge in [0.2, 0.25) is 0 Å². The van der Waals surface area contributed by atoms with Gasteiger partial charge in [-0.05, 0) is 42.3 Å². The number of aliphatic hydroxyl groups is 1. The molecule has 0 amide bonds. The fourth-order valence-corrected chi connectivity index (χ4v) is 2.35. The molecule has 1 N–H and O–H groups in total. The molecule has 94 valence electrons. The smallest absolute Gasteiger partial charge is 0.131 e. The van der Waals surface area contributed by atoms with Crippen LogP contribution in [0.2, 0.25) is 0 Å². The van der Waals surface area contributed by atoms with E-state index in [1.807, 2.05) is 43.3 Å². The number of hydrogen-bond acceptors (Lipinski definition) is 2. The van der Waals surface area contributed by atoms with Gasteiger partial charge in [0.1, 0.15) is 11.5 Å². The molecule has 4 heteroatoms. The topological polar surface area (TPSA) is 29.5 Å². The van der Waals surface area contributed by atoms with Crippen molar-refractivity contribution in [2.24, 2.45) is 0 Å². The molecule has 0 aliphatic carbocycles. The van der Waals surface area contributed by atoms with Crippen LogP contribution < -0.4 is 4.74 Å². The fraction of sp³-hybridized carbons (Fsp3) is 0.143. The molecule has 0 heterocycles. The van der Waals surface area contributed by atoms with Crippen molar-refractivity contribution in [1.29, 1.82) is 0 Å². The van der Waals surface area contributed by atoms with Gasteiger partial charge < -0.3 is 9.84 Å². The van der Waals surface area contributed by atoms with Gasteiger partial charge in [-0.2, -0.15) is 0 Å². The van der Waals surface area contributed by atoms with Crippen molar-refractivity contribution in [1.82, 2.24) is 0 Å². The third-order valence-electron chi connectivity index (χ3n) is 2.57. The molecule has 0 fully saturated rings. The predicted molar refractivity (Wildman–Crippen MR) is 79.0 cm³/mol. The maximum absolute atomic E-state index is 9.10. The first kappa shape index (κ1) is 13.6. The van der Waals surface area contributed by atoms with E-state index >= 15 is 0 Å². The summed E-state index contributed by atoms with van der Waals surface area (Å²) in [7, 11) is 0. The Balaban J connectivity index is 2.28. The molecule has 2 rings (SSSR count). The average molecular weight is 372 g/mol. The number of rotatable bonds is 3. The van der Waals surface area contributed by atoms with E-state index in [1.165, 1.54) is 0 Å². The van der Waals surface area contributed by atoms with Crippen LogP contribution >= 0.6 is 31.9 Å². The van der Waals surface area contributed by atoms with Gasteiger partial charge >= 0.3 is 0 Å². The Labute approximate surface area is 123 Å². The Morgan fingerprint density at radius 2 is 1.89 bits per heavy atom. The molecular formula is C14H12Br2O2. The minimum atomic E-state index is 0.0107. The number of aliphatic hydroxyl groups excluding tert-OH is 1. The summed E-state index contributed by atoms with van der Waals surface area (Å²) in [5, 5.41) is 9.10. The molecule has 0 radical (unpaired) electrons. The second-order valence-electron chi connectivity index (χ2n) is 3.92. The molecule has 0 aromatic heterocycles. The van der Waals surface area contributed by atoms with E-state index in [4.69, 9.17) is 9.84 Å². The summed E-state index contributed by atoms with van der Waals surface area (Å²) in [5.74, 6) is 1.55. The van der Waals surface area contributed by atoms with E-state index in [2.05, 4.69) is 31.9 Å². The van der Waals surface area contributed by atoms with E-state index in [0.29, 0.717) is 0 Å². The minimum absolute atomic E-state index is 0.0107. The molecule has 0 aliphatic rings. The van der Waals surface area contributed by atoms with Crippen LogP contribution in [0.15, 0.2) is 45.3 Å².